The first-order valence-electron chi connectivity index (χ1n) is 8.83. The first-order chi connectivity index (χ1) is 14.1. The molecule has 0 radical (unpaired) electrons. The van der Waals surface area contributed by atoms with Gasteiger partial charge in [0, 0.05) is 26.6 Å². The number of benzene rings is 3. The number of hydrogen-bond acceptors (Lipinski definition) is 3. The van der Waals surface area contributed by atoms with Crippen LogP contribution in [0.4, 0.5) is 0 Å². The molecule has 0 saturated heterocycles. The third-order valence-corrected chi connectivity index (χ3v) is 6.19. The van der Waals surface area contributed by atoms with Gasteiger partial charge in [0.25, 0.3) is 5.56 Å². The molecule has 2 aromatic heterocycles. The molecular weight excluding hydrogens is 425 g/mol. The average molecular weight is 438 g/mol. The number of nitrogens with one attached hydrogen (secondary N) is 2. The smallest absolute Gasteiger partial charge is 0.263 e. The molecular formula is C22H13Cl2N3OS. The molecule has 0 atom stereocenters. The second kappa shape index (κ2) is 7.26. The number of fused-ring (bicyclic) bond motifs is 2. The molecule has 0 aliphatic carbocycles. The molecule has 4 nitrogen and oxygen atoms in total. The van der Waals surface area contributed by atoms with Gasteiger partial charge in [0.1, 0.15) is 0 Å². The van der Waals surface area contributed by atoms with Gasteiger partial charge in [-0.15, -0.1) is 0 Å². The Balaban J connectivity index is 1.79. The molecule has 0 aliphatic rings. The van der Waals surface area contributed by atoms with E-state index in [1.807, 2.05) is 54.6 Å². The first kappa shape index (κ1) is 18.3. The fraction of sp³-hybridized carbons (Fsp3) is 0. The molecule has 0 bridgehead atoms. The number of H-pyrrole nitrogens is 2. The fourth-order valence-corrected chi connectivity index (χ4v) is 4.72. The van der Waals surface area contributed by atoms with Crippen molar-refractivity contribution in [1.82, 2.24) is 15.0 Å². The number of para-hydroxylation sites is 2. The van der Waals surface area contributed by atoms with Crippen LogP contribution in [-0.4, -0.2) is 15.0 Å². The summed E-state index contributed by atoms with van der Waals surface area (Å²) >= 11 is 13.9. The lowest BCUT2D eigenvalue weighted by molar-refractivity contribution is 1.07. The summed E-state index contributed by atoms with van der Waals surface area (Å²) < 4.78 is 0. The Labute approximate surface area is 179 Å². The maximum Gasteiger partial charge on any atom is 0.263 e. The van der Waals surface area contributed by atoms with Crippen molar-refractivity contribution in [2.75, 3.05) is 0 Å². The van der Waals surface area contributed by atoms with E-state index in [1.165, 1.54) is 11.8 Å². The van der Waals surface area contributed by atoms with E-state index in [-0.39, 0.29) is 5.56 Å². The van der Waals surface area contributed by atoms with E-state index in [9.17, 15) is 4.79 Å². The topological polar surface area (TPSA) is 61.5 Å². The van der Waals surface area contributed by atoms with Crippen LogP contribution in [0.2, 0.25) is 10.0 Å². The highest BCUT2D eigenvalue weighted by atomic mass is 35.5. The summed E-state index contributed by atoms with van der Waals surface area (Å²) in [7, 11) is 0. The predicted octanol–water partition coefficient (Wildman–Crippen LogP) is 6.53. The molecule has 0 fully saturated rings. The van der Waals surface area contributed by atoms with Gasteiger partial charge < -0.3 is 9.97 Å². The number of imidazole rings is 1. The summed E-state index contributed by atoms with van der Waals surface area (Å²) in [4.78, 5) is 24.4. The zero-order valence-electron chi connectivity index (χ0n) is 14.9. The molecule has 142 valence electrons. The van der Waals surface area contributed by atoms with E-state index in [0.717, 1.165) is 27.5 Å². The van der Waals surface area contributed by atoms with Crippen molar-refractivity contribution < 1.29 is 0 Å². The Morgan fingerprint density at radius 3 is 2.48 bits per heavy atom. The molecule has 2 heterocycles. The number of aromatic amines is 2. The van der Waals surface area contributed by atoms with Crippen LogP contribution in [0.5, 0.6) is 0 Å². The third-order valence-electron chi connectivity index (χ3n) is 4.64. The van der Waals surface area contributed by atoms with E-state index in [1.54, 1.807) is 12.1 Å². The standard InChI is InChI=1S/C22H13Cl2N3OS/c23-12-9-10-14-18(11-12)25-21(28)20(19(14)13-5-1-2-6-15(13)24)29-22-26-16-7-3-4-8-17(16)27-22/h1-11H,(H,25,28)(H,26,27). The highest BCUT2D eigenvalue weighted by molar-refractivity contribution is 7.99. The second-order valence-corrected chi connectivity index (χ2v) is 8.33. The molecule has 29 heavy (non-hydrogen) atoms. The summed E-state index contributed by atoms with van der Waals surface area (Å²) in [6.45, 7) is 0. The third kappa shape index (κ3) is 3.31. The van der Waals surface area contributed by atoms with Crippen molar-refractivity contribution in [2.24, 2.45) is 0 Å². The number of rotatable bonds is 3. The minimum atomic E-state index is -0.222. The molecule has 0 saturated carbocycles. The maximum absolute atomic E-state index is 13.1. The quantitative estimate of drug-likeness (QED) is 0.337. The second-order valence-electron chi connectivity index (χ2n) is 6.49. The van der Waals surface area contributed by atoms with Crippen LogP contribution in [0.15, 0.2) is 81.6 Å². The largest absolute Gasteiger partial charge is 0.333 e. The van der Waals surface area contributed by atoms with E-state index in [0.29, 0.717) is 25.6 Å². The molecule has 0 spiro atoms. The Hall–Kier alpha value is -2.73. The van der Waals surface area contributed by atoms with Gasteiger partial charge in [0.05, 0.1) is 21.4 Å². The fourth-order valence-electron chi connectivity index (χ4n) is 3.36. The summed E-state index contributed by atoms with van der Waals surface area (Å²) in [5.74, 6) is 0. The number of nitrogens with zero attached hydrogens (tertiary/aromatic N) is 1. The number of hydrogen-bond donors (Lipinski definition) is 2. The minimum Gasteiger partial charge on any atom is -0.333 e. The molecule has 5 aromatic rings. The van der Waals surface area contributed by atoms with E-state index >= 15 is 0 Å². The lowest BCUT2D eigenvalue weighted by atomic mass is 10.0. The number of halogens is 2. The molecule has 5 rings (SSSR count). The Morgan fingerprint density at radius 2 is 1.66 bits per heavy atom. The number of aromatic nitrogens is 3. The Morgan fingerprint density at radius 1 is 0.862 bits per heavy atom. The van der Waals surface area contributed by atoms with Gasteiger partial charge in [-0.05, 0) is 42.1 Å². The highest BCUT2D eigenvalue weighted by Crippen LogP contribution is 2.40. The van der Waals surface area contributed by atoms with Crippen LogP contribution in [0.3, 0.4) is 0 Å². The van der Waals surface area contributed by atoms with Gasteiger partial charge in [-0.3, -0.25) is 4.79 Å². The van der Waals surface area contributed by atoms with Crippen molar-refractivity contribution in [2.45, 2.75) is 10.1 Å². The molecule has 0 unspecified atom stereocenters. The van der Waals surface area contributed by atoms with E-state index in [2.05, 4.69) is 15.0 Å². The summed E-state index contributed by atoms with van der Waals surface area (Å²) in [6.07, 6.45) is 0. The van der Waals surface area contributed by atoms with Gasteiger partial charge in [0.15, 0.2) is 5.16 Å². The monoisotopic (exact) mass is 437 g/mol. The summed E-state index contributed by atoms with van der Waals surface area (Å²) in [5.41, 5.74) is 3.74. The van der Waals surface area contributed by atoms with Gasteiger partial charge in [-0.25, -0.2) is 4.98 Å². The van der Waals surface area contributed by atoms with Gasteiger partial charge >= 0.3 is 0 Å². The highest BCUT2D eigenvalue weighted by Gasteiger charge is 2.19. The molecule has 3 aromatic carbocycles. The predicted molar refractivity (Wildman–Crippen MR) is 120 cm³/mol. The summed E-state index contributed by atoms with van der Waals surface area (Å²) in [5, 5.41) is 2.62. The molecule has 0 amide bonds. The van der Waals surface area contributed by atoms with Gasteiger partial charge in [-0.1, -0.05) is 59.6 Å². The van der Waals surface area contributed by atoms with Crippen LogP contribution in [0.1, 0.15) is 0 Å². The van der Waals surface area contributed by atoms with Crippen molar-refractivity contribution in [1.29, 1.82) is 0 Å². The number of pyridine rings is 1. The lowest BCUT2D eigenvalue weighted by Crippen LogP contribution is -2.10. The zero-order chi connectivity index (χ0) is 20.0. The average Bonchev–Trinajstić information content (AvgIpc) is 3.12. The van der Waals surface area contributed by atoms with Gasteiger partial charge in [0.2, 0.25) is 0 Å². The molecule has 2 N–H and O–H groups in total. The van der Waals surface area contributed by atoms with Crippen LogP contribution in [0, 0.1) is 0 Å². The van der Waals surface area contributed by atoms with Crippen LogP contribution >= 0.6 is 35.0 Å². The maximum atomic E-state index is 13.1. The van der Waals surface area contributed by atoms with Gasteiger partial charge in [-0.2, -0.15) is 0 Å². The van der Waals surface area contributed by atoms with Crippen LogP contribution in [-0.2, 0) is 0 Å². The Bertz CT molecular complexity index is 1410. The molecule has 7 heteroatoms. The zero-order valence-corrected chi connectivity index (χ0v) is 17.2. The SMILES string of the molecule is O=c1[nH]c2cc(Cl)ccc2c(-c2ccccc2Cl)c1Sc1nc2ccccc2[nH]1. The van der Waals surface area contributed by atoms with Crippen LogP contribution in [0.25, 0.3) is 33.1 Å². The minimum absolute atomic E-state index is 0.222. The van der Waals surface area contributed by atoms with Crippen molar-refractivity contribution >= 4 is 56.9 Å². The summed E-state index contributed by atoms with van der Waals surface area (Å²) in [6, 6.07) is 20.7. The first-order valence-corrected chi connectivity index (χ1v) is 10.4. The van der Waals surface area contributed by atoms with Crippen molar-refractivity contribution in [3.63, 3.8) is 0 Å². The Kier molecular flexibility index (Phi) is 4.59. The molecule has 0 aliphatic heterocycles. The van der Waals surface area contributed by atoms with E-state index in [4.69, 9.17) is 23.2 Å². The van der Waals surface area contributed by atoms with Crippen LogP contribution < -0.4 is 5.56 Å². The van der Waals surface area contributed by atoms with Crippen molar-refractivity contribution in [3.8, 4) is 11.1 Å². The van der Waals surface area contributed by atoms with Crippen molar-refractivity contribution in [3.05, 3.63) is 87.1 Å². The van der Waals surface area contributed by atoms with E-state index < -0.39 is 0 Å². The lowest BCUT2D eigenvalue weighted by Gasteiger charge is -2.13. The normalized spacial score (nSPS) is 11.4.